The topological polar surface area (TPSA) is 3.24 Å². The van der Waals surface area contributed by atoms with E-state index in [-0.39, 0.29) is 5.41 Å². The molecule has 264 valence electrons. The monoisotopic (exact) mass is 713 g/mol. The number of rotatable bonds is 5. The van der Waals surface area contributed by atoms with Gasteiger partial charge in [0.25, 0.3) is 0 Å². The summed E-state index contributed by atoms with van der Waals surface area (Å²) in [6, 6.07) is 73.9. The van der Waals surface area contributed by atoms with E-state index in [4.69, 9.17) is 0 Å². The normalized spacial score (nSPS) is 13.0. The zero-order valence-corrected chi connectivity index (χ0v) is 31.5. The highest BCUT2D eigenvalue weighted by Gasteiger charge is 2.35. The van der Waals surface area contributed by atoms with Crippen LogP contribution in [0.5, 0.6) is 0 Å². The van der Waals surface area contributed by atoms with Crippen molar-refractivity contribution in [3.63, 3.8) is 0 Å². The number of anilines is 3. The molecule has 0 bridgehead atoms. The minimum Gasteiger partial charge on any atom is -0.310 e. The molecule has 0 unspecified atom stereocenters. The van der Waals surface area contributed by atoms with Gasteiger partial charge in [0.15, 0.2) is 0 Å². The van der Waals surface area contributed by atoms with Crippen LogP contribution in [0.4, 0.5) is 17.1 Å². The Balaban J connectivity index is 1.16. The summed E-state index contributed by atoms with van der Waals surface area (Å²) in [4.78, 5) is 2.45. The van der Waals surface area contributed by atoms with Crippen molar-refractivity contribution in [3.05, 3.63) is 211 Å². The van der Waals surface area contributed by atoms with E-state index < -0.39 is 0 Å². The van der Waals surface area contributed by atoms with Gasteiger partial charge in [-0.05, 0) is 124 Å². The molecule has 1 aliphatic rings. The smallest absolute Gasteiger partial charge is 0.0468 e. The summed E-state index contributed by atoms with van der Waals surface area (Å²) in [6.45, 7) is 4.80. The van der Waals surface area contributed by atoms with Gasteiger partial charge in [-0.25, -0.2) is 0 Å². The molecule has 0 radical (unpaired) electrons. The number of nitrogens with zero attached hydrogens (tertiary/aromatic N) is 1. The van der Waals surface area contributed by atoms with Crippen LogP contribution >= 0.6 is 0 Å². The molecule has 10 aromatic carbocycles. The number of hydrogen-bond acceptors (Lipinski definition) is 1. The third-order valence-corrected chi connectivity index (χ3v) is 12.2. The van der Waals surface area contributed by atoms with Crippen molar-refractivity contribution < 1.29 is 0 Å². The zero-order valence-electron chi connectivity index (χ0n) is 31.5. The Bertz CT molecular complexity index is 3100. The van der Waals surface area contributed by atoms with Crippen molar-refractivity contribution in [2.45, 2.75) is 19.3 Å². The second kappa shape index (κ2) is 12.5. The van der Waals surface area contributed by atoms with Gasteiger partial charge in [0.1, 0.15) is 0 Å². The van der Waals surface area contributed by atoms with Crippen LogP contribution in [0.25, 0.3) is 76.5 Å². The average Bonchev–Trinajstić information content (AvgIpc) is 3.26. The fourth-order valence-corrected chi connectivity index (χ4v) is 9.51. The van der Waals surface area contributed by atoms with Gasteiger partial charge in [0, 0.05) is 22.5 Å². The number of fused-ring (bicyclic) bond motifs is 8. The quantitative estimate of drug-likeness (QED) is 0.161. The summed E-state index contributed by atoms with van der Waals surface area (Å²) < 4.78 is 0. The van der Waals surface area contributed by atoms with E-state index >= 15 is 0 Å². The van der Waals surface area contributed by atoms with Crippen LogP contribution in [0.2, 0.25) is 0 Å². The average molecular weight is 714 g/mol. The van der Waals surface area contributed by atoms with Crippen molar-refractivity contribution in [2.75, 3.05) is 4.90 Å². The third kappa shape index (κ3) is 4.94. The second-order valence-corrected chi connectivity index (χ2v) is 15.7. The molecule has 10 aromatic rings. The van der Waals surface area contributed by atoms with Crippen LogP contribution in [-0.4, -0.2) is 0 Å². The predicted molar refractivity (Wildman–Crippen MR) is 240 cm³/mol. The first-order valence-electron chi connectivity index (χ1n) is 19.6. The van der Waals surface area contributed by atoms with Crippen molar-refractivity contribution in [1.29, 1.82) is 0 Å². The second-order valence-electron chi connectivity index (χ2n) is 15.7. The van der Waals surface area contributed by atoms with E-state index in [1.807, 2.05) is 0 Å². The molecule has 0 saturated heterocycles. The molecular formula is C55H39N. The third-order valence-electron chi connectivity index (χ3n) is 12.2. The van der Waals surface area contributed by atoms with Gasteiger partial charge in [-0.15, -0.1) is 0 Å². The molecule has 0 fully saturated rings. The van der Waals surface area contributed by atoms with Crippen LogP contribution in [0.1, 0.15) is 25.0 Å². The van der Waals surface area contributed by atoms with E-state index in [1.165, 1.54) is 87.6 Å². The van der Waals surface area contributed by atoms with E-state index in [0.717, 1.165) is 17.1 Å². The highest BCUT2D eigenvalue weighted by atomic mass is 15.1. The minimum atomic E-state index is -0.228. The summed E-state index contributed by atoms with van der Waals surface area (Å²) in [5.74, 6) is 0. The number of hydrogen-bond donors (Lipinski definition) is 0. The molecule has 0 heterocycles. The van der Waals surface area contributed by atoms with Crippen LogP contribution < -0.4 is 4.90 Å². The minimum absolute atomic E-state index is 0.228. The van der Waals surface area contributed by atoms with E-state index in [1.54, 1.807) is 0 Å². The molecule has 1 heteroatoms. The molecule has 1 nitrogen and oxygen atoms in total. The van der Waals surface area contributed by atoms with E-state index in [0.29, 0.717) is 0 Å². The SMILES string of the molecule is CC1(C)c2cc(N(c3ccc(-c4ccccc4)cc3)c3ccc4c5ccccc5c5ccccc5c4c3)ccc2-c2c(-c3ccccc3)ccc3cccc1c23. The maximum atomic E-state index is 2.46. The van der Waals surface area contributed by atoms with E-state index in [2.05, 4.69) is 219 Å². The van der Waals surface area contributed by atoms with Crippen molar-refractivity contribution in [3.8, 4) is 33.4 Å². The maximum Gasteiger partial charge on any atom is 0.0468 e. The van der Waals surface area contributed by atoms with Crippen LogP contribution in [0.3, 0.4) is 0 Å². The molecule has 0 spiro atoms. The Labute approximate surface area is 327 Å². The molecular weight excluding hydrogens is 675 g/mol. The van der Waals surface area contributed by atoms with Gasteiger partial charge >= 0.3 is 0 Å². The molecule has 0 amide bonds. The summed E-state index contributed by atoms with van der Waals surface area (Å²) in [5.41, 5.74) is 13.4. The van der Waals surface area contributed by atoms with Crippen LogP contribution in [-0.2, 0) is 5.41 Å². The molecule has 1 aliphatic carbocycles. The molecule has 56 heavy (non-hydrogen) atoms. The Morgan fingerprint density at radius 1 is 0.339 bits per heavy atom. The Morgan fingerprint density at radius 2 is 0.857 bits per heavy atom. The summed E-state index contributed by atoms with van der Waals surface area (Å²) in [5, 5.41) is 10.3. The first-order valence-corrected chi connectivity index (χ1v) is 19.6. The van der Waals surface area contributed by atoms with Gasteiger partial charge in [-0.2, -0.15) is 0 Å². The van der Waals surface area contributed by atoms with E-state index in [9.17, 15) is 0 Å². The lowest BCUT2D eigenvalue weighted by atomic mass is 9.67. The molecule has 0 N–H and O–H groups in total. The summed E-state index contributed by atoms with van der Waals surface area (Å²) in [7, 11) is 0. The van der Waals surface area contributed by atoms with Gasteiger partial charge in [-0.1, -0.05) is 178 Å². The largest absolute Gasteiger partial charge is 0.310 e. The Morgan fingerprint density at radius 3 is 1.54 bits per heavy atom. The van der Waals surface area contributed by atoms with Crippen molar-refractivity contribution >= 4 is 60.2 Å². The molecule has 0 atom stereocenters. The molecule has 11 rings (SSSR count). The molecule has 0 aromatic heterocycles. The Kier molecular flexibility index (Phi) is 7.28. The van der Waals surface area contributed by atoms with Crippen LogP contribution in [0.15, 0.2) is 200 Å². The lowest BCUT2D eigenvalue weighted by Gasteiger charge is -2.37. The first kappa shape index (κ1) is 32.5. The number of benzene rings is 10. The maximum absolute atomic E-state index is 2.46. The van der Waals surface area contributed by atoms with Crippen molar-refractivity contribution in [1.82, 2.24) is 0 Å². The van der Waals surface area contributed by atoms with Gasteiger partial charge < -0.3 is 4.90 Å². The van der Waals surface area contributed by atoms with Crippen LogP contribution in [0, 0.1) is 0 Å². The van der Waals surface area contributed by atoms with Gasteiger partial charge in [0.2, 0.25) is 0 Å². The fraction of sp³-hybridized carbons (Fsp3) is 0.0545. The van der Waals surface area contributed by atoms with Crippen molar-refractivity contribution in [2.24, 2.45) is 0 Å². The highest BCUT2D eigenvalue weighted by Crippen LogP contribution is 2.53. The lowest BCUT2D eigenvalue weighted by Crippen LogP contribution is -2.24. The van der Waals surface area contributed by atoms with Gasteiger partial charge in [-0.3, -0.25) is 0 Å². The zero-order chi connectivity index (χ0) is 37.4. The fourth-order valence-electron chi connectivity index (χ4n) is 9.51. The highest BCUT2D eigenvalue weighted by molar-refractivity contribution is 6.25. The Hall–Kier alpha value is -6.96. The molecule has 0 saturated carbocycles. The lowest BCUT2D eigenvalue weighted by molar-refractivity contribution is 0.645. The van der Waals surface area contributed by atoms with Gasteiger partial charge in [0.05, 0.1) is 0 Å². The summed E-state index contributed by atoms with van der Waals surface area (Å²) in [6.07, 6.45) is 0. The molecule has 0 aliphatic heterocycles. The standard InChI is InChI=1S/C55H39N/c1-55(2)51-23-13-18-39-26-31-43(38-16-7-4-8-17-38)54(53(39)51)49-33-30-42(35-52(49)55)56(40-27-24-37(25-28-40)36-14-5-3-6-15-36)41-29-32-48-46-21-10-9-19-44(46)45-20-11-12-22-47(45)50(48)34-41/h3-35H,1-2H3. The summed E-state index contributed by atoms with van der Waals surface area (Å²) >= 11 is 0. The predicted octanol–water partition coefficient (Wildman–Crippen LogP) is 15.4. The first-order chi connectivity index (χ1) is 27.5.